The molecule has 34 heavy (non-hydrogen) atoms. The first-order valence-electron chi connectivity index (χ1n) is 7.45. The number of allylic oxidation sites excluding steroid dienone is 1. The second-order valence-electron chi connectivity index (χ2n) is 4.95. The largest absolute Gasteiger partial charge is 0.445 e. The quantitative estimate of drug-likeness (QED) is 0.242. The summed E-state index contributed by atoms with van der Waals surface area (Å²) in [4.78, 5) is 2.15. The fourth-order valence-electron chi connectivity index (χ4n) is 0.821. The molecule has 0 aliphatic rings. The van der Waals surface area contributed by atoms with Gasteiger partial charge in [0.25, 0.3) is 6.36 Å². The molecule has 0 bridgehead atoms. The highest BCUT2D eigenvalue weighted by Gasteiger charge is 2.49. The first kappa shape index (κ1) is 39.4. The van der Waals surface area contributed by atoms with Gasteiger partial charge in [0.2, 0.25) is 6.10 Å². The van der Waals surface area contributed by atoms with Gasteiger partial charge in [-0.25, -0.2) is 13.2 Å². The van der Waals surface area contributed by atoms with Crippen LogP contribution < -0.4 is 0 Å². The number of halogens is 18. The summed E-state index contributed by atoms with van der Waals surface area (Å²) in [5.41, 5.74) is 0. The fourth-order valence-corrected chi connectivity index (χ4v) is 0.821. The average molecular weight is 556 g/mol. The number of rotatable bonds is 6. The van der Waals surface area contributed by atoms with Crippen LogP contribution in [0.1, 0.15) is 12.8 Å². The van der Waals surface area contributed by atoms with E-state index < -0.39 is 62.8 Å². The molecule has 0 fully saturated rings. The van der Waals surface area contributed by atoms with Crippen molar-refractivity contribution in [1.29, 1.82) is 0 Å². The van der Waals surface area contributed by atoms with Gasteiger partial charge < -0.3 is 0 Å². The SMILES string of the molecule is C=CCC(F)(F)F.C=CF.FCC(F)(F)OC(F)C(F)(F)F.FOC(CC(F)(F)F)C(F)(F)F. The lowest BCUT2D eigenvalue weighted by Crippen LogP contribution is -2.36. The van der Waals surface area contributed by atoms with Gasteiger partial charge in [0.05, 0.1) is 19.2 Å². The molecule has 0 rings (SSSR count). The molecule has 0 saturated heterocycles. The third kappa shape index (κ3) is 30.1. The summed E-state index contributed by atoms with van der Waals surface area (Å²) in [6.07, 6.45) is -34.6. The van der Waals surface area contributed by atoms with Gasteiger partial charge in [0.15, 0.2) is 6.67 Å². The van der Waals surface area contributed by atoms with Crippen LogP contribution in [-0.2, 0) is 9.68 Å². The van der Waals surface area contributed by atoms with E-state index in [0.717, 1.165) is 6.08 Å². The smallest absolute Gasteiger partial charge is 0.275 e. The predicted molar refractivity (Wildman–Crippen MR) is 77.8 cm³/mol. The summed E-state index contributed by atoms with van der Waals surface area (Å²) in [6, 6.07) is 0. The molecule has 0 heterocycles. The number of alkyl halides is 16. The number of ether oxygens (including phenoxy) is 1. The maximum Gasteiger partial charge on any atom is 0.445 e. The Morgan fingerprint density at radius 3 is 1.24 bits per heavy atom. The Bertz CT molecular complexity index is 515. The van der Waals surface area contributed by atoms with E-state index in [1.807, 2.05) is 0 Å². The molecule has 0 amide bonds. The molecule has 20 heteroatoms. The van der Waals surface area contributed by atoms with Crippen LogP contribution in [0.2, 0.25) is 0 Å². The molecule has 2 unspecified atom stereocenters. The van der Waals surface area contributed by atoms with Crippen LogP contribution in [-0.4, -0.2) is 50.0 Å². The number of hydrogen-bond donors (Lipinski definition) is 0. The molecule has 0 aromatic rings. The lowest BCUT2D eigenvalue weighted by molar-refractivity contribution is -0.359. The van der Waals surface area contributed by atoms with Gasteiger partial charge in [-0.05, 0) is 4.53 Å². The van der Waals surface area contributed by atoms with Crippen LogP contribution in [0.5, 0.6) is 0 Å². The van der Waals surface area contributed by atoms with E-state index >= 15 is 0 Å². The summed E-state index contributed by atoms with van der Waals surface area (Å²) in [5, 5.41) is 0. The van der Waals surface area contributed by atoms with E-state index in [1.54, 1.807) is 0 Å². The molecule has 0 aromatic heterocycles. The molecular formula is C14H14F18O2. The van der Waals surface area contributed by atoms with Gasteiger partial charge in [-0.3, -0.25) is 4.74 Å². The Balaban J connectivity index is -0.000000193. The van der Waals surface area contributed by atoms with Crippen molar-refractivity contribution in [3.05, 3.63) is 25.6 Å². The summed E-state index contributed by atoms with van der Waals surface area (Å²) in [7, 11) is 0. The summed E-state index contributed by atoms with van der Waals surface area (Å²) < 4.78 is 204. The molecule has 0 saturated carbocycles. The van der Waals surface area contributed by atoms with E-state index in [2.05, 4.69) is 22.8 Å². The molecule has 2 nitrogen and oxygen atoms in total. The highest BCUT2D eigenvalue weighted by molar-refractivity contribution is 4.71. The molecular weight excluding hydrogens is 542 g/mol. The molecule has 0 aliphatic heterocycles. The van der Waals surface area contributed by atoms with Gasteiger partial charge in [0.1, 0.15) is 0 Å². The Hall–Kier alpha value is -1.86. The topological polar surface area (TPSA) is 18.5 Å². The zero-order chi connectivity index (χ0) is 28.6. The first-order chi connectivity index (χ1) is 14.8. The van der Waals surface area contributed by atoms with Crippen LogP contribution in [0.15, 0.2) is 25.6 Å². The van der Waals surface area contributed by atoms with E-state index in [1.165, 1.54) is 0 Å². The molecule has 0 N–H and O–H groups in total. The van der Waals surface area contributed by atoms with Crippen molar-refractivity contribution in [3.8, 4) is 0 Å². The molecule has 0 radical (unpaired) electrons. The number of hydrogen-bond acceptors (Lipinski definition) is 2. The third-order valence-electron chi connectivity index (χ3n) is 1.95. The third-order valence-corrected chi connectivity index (χ3v) is 1.95. The van der Waals surface area contributed by atoms with Crippen LogP contribution >= 0.6 is 0 Å². The molecule has 0 spiro atoms. The van der Waals surface area contributed by atoms with Crippen LogP contribution in [0.4, 0.5) is 79.2 Å². The van der Waals surface area contributed by atoms with Crippen molar-refractivity contribution in [1.82, 2.24) is 0 Å². The minimum absolute atomic E-state index is 0.250. The second kappa shape index (κ2) is 16.7. The molecule has 2 atom stereocenters. The summed E-state index contributed by atoms with van der Waals surface area (Å²) in [5.74, 6) is 0. The first-order valence-corrected chi connectivity index (χ1v) is 7.45. The minimum atomic E-state index is -5.57. The van der Waals surface area contributed by atoms with Crippen molar-refractivity contribution < 1.29 is 88.8 Å². The van der Waals surface area contributed by atoms with Gasteiger partial charge >= 0.3 is 30.8 Å². The lowest BCUT2D eigenvalue weighted by atomic mass is 10.2. The molecule has 208 valence electrons. The monoisotopic (exact) mass is 556 g/mol. The second-order valence-corrected chi connectivity index (χ2v) is 4.95. The summed E-state index contributed by atoms with van der Waals surface area (Å²) in [6.45, 7) is 3.11. The summed E-state index contributed by atoms with van der Waals surface area (Å²) >= 11 is 0. The zero-order valence-corrected chi connectivity index (χ0v) is 16.0. The van der Waals surface area contributed by atoms with Crippen LogP contribution in [0.3, 0.4) is 0 Å². The standard InChI is InChI=1S/2C4H3F7O.C4H5F3.C2H3F/c5-1-3(7,8)12-2(6)4(9,10)11;5-3(6,7)1-2(12-11)4(8,9)10;1-2-3-4(5,6)7;1-2-3/h2*2H,1H2;2H,1,3H2;2H,1H2. The van der Waals surface area contributed by atoms with E-state index in [4.69, 9.17) is 0 Å². The maximum absolute atomic E-state index is 11.6. The van der Waals surface area contributed by atoms with Crippen molar-refractivity contribution >= 4 is 0 Å². The van der Waals surface area contributed by atoms with Crippen molar-refractivity contribution in [2.45, 2.75) is 56.1 Å². The predicted octanol–water partition coefficient (Wildman–Crippen LogP) is 8.42. The van der Waals surface area contributed by atoms with Gasteiger partial charge in [0, 0.05) is 0 Å². The lowest BCUT2D eigenvalue weighted by Gasteiger charge is -2.18. The molecule has 0 aliphatic carbocycles. The maximum atomic E-state index is 11.6. The fraction of sp³-hybridized carbons (Fsp3) is 0.714. The van der Waals surface area contributed by atoms with Crippen molar-refractivity contribution in [2.75, 3.05) is 6.67 Å². The van der Waals surface area contributed by atoms with Crippen molar-refractivity contribution in [3.63, 3.8) is 0 Å². The van der Waals surface area contributed by atoms with Crippen LogP contribution in [0, 0.1) is 0 Å². The van der Waals surface area contributed by atoms with Crippen molar-refractivity contribution in [2.24, 2.45) is 0 Å². The minimum Gasteiger partial charge on any atom is -0.275 e. The highest BCUT2D eigenvalue weighted by atomic mass is 19.4. The van der Waals surface area contributed by atoms with Gasteiger partial charge in [-0.15, -0.1) is 6.58 Å². The van der Waals surface area contributed by atoms with E-state index in [9.17, 15) is 79.2 Å². The Morgan fingerprint density at radius 1 is 0.735 bits per heavy atom. The Labute approximate surface area is 178 Å². The normalized spacial score (nSPS) is 14.2. The van der Waals surface area contributed by atoms with E-state index in [0.29, 0.717) is 0 Å². The molecule has 0 aromatic carbocycles. The van der Waals surface area contributed by atoms with Gasteiger partial charge in [-0.2, -0.15) is 66.4 Å². The van der Waals surface area contributed by atoms with Crippen LogP contribution in [0.25, 0.3) is 0 Å². The highest BCUT2D eigenvalue weighted by Crippen LogP contribution is 2.33. The zero-order valence-electron chi connectivity index (χ0n) is 16.0. The van der Waals surface area contributed by atoms with Gasteiger partial charge in [-0.1, -0.05) is 12.7 Å². The Kier molecular flexibility index (Phi) is 19.3. The average Bonchev–Trinajstić information content (AvgIpc) is 2.57. The Morgan fingerprint density at radius 2 is 1.12 bits per heavy atom. The van der Waals surface area contributed by atoms with E-state index in [-0.39, 0.29) is 6.33 Å².